The Morgan fingerprint density at radius 2 is 1.41 bits per heavy atom. The molecular formula is C18H16F4. The number of allylic oxidation sites excluding steroid dienone is 1. The molecule has 0 saturated heterocycles. The smallest absolute Gasteiger partial charge is 0.206 e. The summed E-state index contributed by atoms with van der Waals surface area (Å²) in [5.41, 5.74) is 2.95. The standard InChI is InChI=1S/C18H16F4/c1-2-3-13-4-6-14(7-5-13)15-8-10-16(11-9-15)17(19)12-18(20,21)22/h4-12H,2-3H2,1H3/b17-12-. The molecule has 0 radical (unpaired) electrons. The van der Waals surface area contributed by atoms with E-state index in [2.05, 4.69) is 6.92 Å². The highest BCUT2D eigenvalue weighted by atomic mass is 19.4. The minimum Gasteiger partial charge on any atom is -0.206 e. The van der Waals surface area contributed by atoms with Crippen molar-refractivity contribution in [2.45, 2.75) is 25.9 Å². The SMILES string of the molecule is CCCc1ccc(-c2ccc(/C(F)=C/C(F)(F)F)cc2)cc1. The lowest BCUT2D eigenvalue weighted by Gasteiger charge is -2.06. The van der Waals surface area contributed by atoms with E-state index in [0.29, 0.717) is 0 Å². The molecule has 0 aromatic heterocycles. The average Bonchev–Trinajstić information content (AvgIpc) is 2.47. The van der Waals surface area contributed by atoms with Crippen LogP contribution in [0.15, 0.2) is 54.6 Å². The summed E-state index contributed by atoms with van der Waals surface area (Å²) in [6, 6.07) is 13.9. The van der Waals surface area contributed by atoms with E-state index in [-0.39, 0.29) is 11.6 Å². The molecule has 2 aromatic carbocycles. The molecule has 0 heterocycles. The van der Waals surface area contributed by atoms with Gasteiger partial charge in [-0.25, -0.2) is 4.39 Å². The number of hydrogen-bond donors (Lipinski definition) is 0. The molecule has 0 spiro atoms. The first-order valence-electron chi connectivity index (χ1n) is 7.04. The third-order valence-electron chi connectivity index (χ3n) is 3.28. The van der Waals surface area contributed by atoms with Gasteiger partial charge in [0.25, 0.3) is 0 Å². The van der Waals surface area contributed by atoms with Crippen LogP contribution in [0.25, 0.3) is 17.0 Å². The Morgan fingerprint density at radius 1 is 0.909 bits per heavy atom. The molecule has 0 unspecified atom stereocenters. The molecule has 0 aliphatic carbocycles. The van der Waals surface area contributed by atoms with Gasteiger partial charge in [-0.1, -0.05) is 61.9 Å². The highest BCUT2D eigenvalue weighted by Gasteiger charge is 2.25. The Kier molecular flexibility index (Phi) is 5.01. The molecule has 2 aromatic rings. The zero-order chi connectivity index (χ0) is 16.2. The van der Waals surface area contributed by atoms with Crippen molar-refractivity contribution in [3.63, 3.8) is 0 Å². The van der Waals surface area contributed by atoms with E-state index >= 15 is 0 Å². The molecule has 0 nitrogen and oxygen atoms in total. The van der Waals surface area contributed by atoms with Gasteiger partial charge in [-0.3, -0.25) is 0 Å². The van der Waals surface area contributed by atoms with Gasteiger partial charge >= 0.3 is 6.18 Å². The topological polar surface area (TPSA) is 0 Å². The molecule has 0 amide bonds. The van der Waals surface area contributed by atoms with Gasteiger partial charge in [-0.2, -0.15) is 13.2 Å². The van der Waals surface area contributed by atoms with Gasteiger partial charge in [0, 0.05) is 5.56 Å². The van der Waals surface area contributed by atoms with E-state index in [0.717, 1.165) is 24.0 Å². The first-order valence-corrected chi connectivity index (χ1v) is 7.04. The fourth-order valence-electron chi connectivity index (χ4n) is 2.20. The summed E-state index contributed by atoms with van der Waals surface area (Å²) >= 11 is 0. The molecule has 0 atom stereocenters. The van der Waals surface area contributed by atoms with Gasteiger partial charge in [-0.15, -0.1) is 0 Å². The molecule has 0 N–H and O–H groups in total. The lowest BCUT2D eigenvalue weighted by Crippen LogP contribution is -2.01. The third-order valence-corrected chi connectivity index (χ3v) is 3.28. The summed E-state index contributed by atoms with van der Waals surface area (Å²) in [7, 11) is 0. The van der Waals surface area contributed by atoms with E-state index in [1.807, 2.05) is 24.3 Å². The van der Waals surface area contributed by atoms with Crippen LogP contribution >= 0.6 is 0 Å². The van der Waals surface area contributed by atoms with Crippen molar-refractivity contribution in [1.82, 2.24) is 0 Å². The van der Waals surface area contributed by atoms with Crippen LogP contribution < -0.4 is 0 Å². The predicted molar refractivity (Wildman–Crippen MR) is 81.0 cm³/mol. The van der Waals surface area contributed by atoms with E-state index in [4.69, 9.17) is 0 Å². The van der Waals surface area contributed by atoms with Gasteiger partial charge in [0.05, 0.1) is 6.08 Å². The zero-order valence-electron chi connectivity index (χ0n) is 12.1. The summed E-state index contributed by atoms with van der Waals surface area (Å²) in [6.07, 6.45) is -2.91. The fourth-order valence-corrected chi connectivity index (χ4v) is 2.20. The van der Waals surface area contributed by atoms with E-state index in [1.54, 1.807) is 12.1 Å². The van der Waals surface area contributed by atoms with E-state index in [9.17, 15) is 17.6 Å². The van der Waals surface area contributed by atoms with Crippen molar-refractivity contribution >= 4 is 5.83 Å². The second-order valence-electron chi connectivity index (χ2n) is 5.06. The molecule has 2 rings (SSSR count). The quantitative estimate of drug-likeness (QED) is 0.592. The van der Waals surface area contributed by atoms with Crippen molar-refractivity contribution < 1.29 is 17.6 Å². The molecule has 0 saturated carbocycles. The largest absolute Gasteiger partial charge is 0.412 e. The lowest BCUT2D eigenvalue weighted by atomic mass is 10.0. The first kappa shape index (κ1) is 16.3. The van der Waals surface area contributed by atoms with Crippen molar-refractivity contribution in [2.24, 2.45) is 0 Å². The van der Waals surface area contributed by atoms with E-state index < -0.39 is 12.0 Å². The highest BCUT2D eigenvalue weighted by Crippen LogP contribution is 2.27. The van der Waals surface area contributed by atoms with Crippen LogP contribution in [0.4, 0.5) is 17.6 Å². The lowest BCUT2D eigenvalue weighted by molar-refractivity contribution is -0.0798. The molecule has 0 fully saturated rings. The third kappa shape index (κ3) is 4.45. The number of aryl methyl sites for hydroxylation is 1. The Labute approximate surface area is 127 Å². The van der Waals surface area contributed by atoms with Gasteiger partial charge in [0.1, 0.15) is 5.83 Å². The maximum absolute atomic E-state index is 13.4. The summed E-state index contributed by atoms with van der Waals surface area (Å²) in [6.45, 7) is 2.11. The monoisotopic (exact) mass is 308 g/mol. The maximum atomic E-state index is 13.4. The van der Waals surface area contributed by atoms with Gasteiger partial charge in [0.15, 0.2) is 0 Å². The molecular weight excluding hydrogens is 292 g/mol. The van der Waals surface area contributed by atoms with Gasteiger partial charge < -0.3 is 0 Å². The molecule has 4 heteroatoms. The first-order chi connectivity index (χ1) is 10.4. The second-order valence-corrected chi connectivity index (χ2v) is 5.06. The summed E-state index contributed by atoms with van der Waals surface area (Å²) in [4.78, 5) is 0. The van der Waals surface area contributed by atoms with Crippen LogP contribution in [-0.4, -0.2) is 6.18 Å². The van der Waals surface area contributed by atoms with Crippen LogP contribution in [0.1, 0.15) is 24.5 Å². The normalized spacial score (nSPS) is 12.5. The minimum absolute atomic E-state index is 0.0799. The van der Waals surface area contributed by atoms with Crippen molar-refractivity contribution in [1.29, 1.82) is 0 Å². The molecule has 22 heavy (non-hydrogen) atoms. The Hall–Kier alpha value is -2.10. The average molecular weight is 308 g/mol. The Morgan fingerprint density at radius 3 is 1.86 bits per heavy atom. The summed E-state index contributed by atoms with van der Waals surface area (Å²) in [5.74, 6) is -1.28. The van der Waals surface area contributed by atoms with Crippen LogP contribution in [0.5, 0.6) is 0 Å². The molecule has 116 valence electrons. The van der Waals surface area contributed by atoms with Crippen LogP contribution in [-0.2, 0) is 6.42 Å². The predicted octanol–water partition coefficient (Wildman–Crippen LogP) is 6.18. The summed E-state index contributed by atoms with van der Waals surface area (Å²) in [5, 5.41) is 0. The fraction of sp³-hybridized carbons (Fsp3) is 0.222. The molecule has 0 bridgehead atoms. The number of halogens is 4. The molecule has 0 aliphatic heterocycles. The second kappa shape index (κ2) is 6.77. The number of benzene rings is 2. The van der Waals surface area contributed by atoms with Crippen LogP contribution in [0.3, 0.4) is 0 Å². The number of rotatable bonds is 4. The van der Waals surface area contributed by atoms with E-state index in [1.165, 1.54) is 17.7 Å². The zero-order valence-corrected chi connectivity index (χ0v) is 12.1. The highest BCUT2D eigenvalue weighted by molar-refractivity contribution is 5.68. The number of hydrogen-bond acceptors (Lipinski definition) is 0. The van der Waals surface area contributed by atoms with Crippen molar-refractivity contribution in [3.8, 4) is 11.1 Å². The maximum Gasteiger partial charge on any atom is 0.412 e. The van der Waals surface area contributed by atoms with Crippen molar-refractivity contribution in [2.75, 3.05) is 0 Å². The Bertz CT molecular complexity index is 634. The Balaban J connectivity index is 2.20. The minimum atomic E-state index is -4.65. The van der Waals surface area contributed by atoms with Gasteiger partial charge in [0.2, 0.25) is 0 Å². The molecule has 0 aliphatic rings. The number of alkyl halides is 3. The summed E-state index contributed by atoms with van der Waals surface area (Å²) < 4.78 is 49.8. The van der Waals surface area contributed by atoms with Gasteiger partial charge in [-0.05, 0) is 23.1 Å². The van der Waals surface area contributed by atoms with Crippen molar-refractivity contribution in [3.05, 3.63) is 65.7 Å². The van der Waals surface area contributed by atoms with Crippen LogP contribution in [0, 0.1) is 0 Å². The van der Waals surface area contributed by atoms with Crippen LogP contribution in [0.2, 0.25) is 0 Å².